The van der Waals surface area contributed by atoms with Crippen LogP contribution < -0.4 is 10.5 Å². The monoisotopic (exact) mass is 327 g/mol. The van der Waals surface area contributed by atoms with Gasteiger partial charge in [-0.05, 0) is 17.5 Å². The number of rotatable bonds is 6. The van der Waals surface area contributed by atoms with Crippen LogP contribution in [0.2, 0.25) is 0 Å². The van der Waals surface area contributed by atoms with Crippen molar-refractivity contribution in [3.8, 4) is 0 Å². The molecule has 5 nitrogen and oxygen atoms in total. The predicted octanol–water partition coefficient (Wildman–Crippen LogP) is 1.80. The van der Waals surface area contributed by atoms with E-state index >= 15 is 0 Å². The number of nitrogens with two attached hydrogens (primary N) is 1. The summed E-state index contributed by atoms with van der Waals surface area (Å²) < 4.78 is 29.2. The van der Waals surface area contributed by atoms with Crippen LogP contribution in [-0.4, -0.2) is 19.5 Å². The number of thiophene rings is 1. The third kappa shape index (κ3) is 3.55. The van der Waals surface area contributed by atoms with Crippen molar-refractivity contribution in [3.05, 3.63) is 40.3 Å². The molecular weight excluding hydrogens is 306 g/mol. The van der Waals surface area contributed by atoms with E-state index in [1.807, 2.05) is 31.4 Å². The van der Waals surface area contributed by atoms with E-state index in [0.717, 1.165) is 10.6 Å². The summed E-state index contributed by atoms with van der Waals surface area (Å²) in [6, 6.07) is 5.61. The Morgan fingerprint density at radius 2 is 2.14 bits per heavy atom. The maximum atomic E-state index is 12.4. The van der Waals surface area contributed by atoms with E-state index in [2.05, 4.69) is 4.72 Å². The van der Waals surface area contributed by atoms with Crippen LogP contribution in [0, 0.1) is 0 Å². The molecule has 0 aliphatic rings. The van der Waals surface area contributed by atoms with Gasteiger partial charge in [0.05, 0.1) is 4.90 Å². The second kappa shape index (κ2) is 5.92. The highest BCUT2D eigenvalue weighted by atomic mass is 32.2. The van der Waals surface area contributed by atoms with Crippen LogP contribution in [0.4, 0.5) is 0 Å². The van der Waals surface area contributed by atoms with Crippen LogP contribution in [0.5, 0.6) is 0 Å². The average molecular weight is 327 g/mol. The third-order valence-corrected chi connectivity index (χ3v) is 6.10. The van der Waals surface area contributed by atoms with Gasteiger partial charge in [0.2, 0.25) is 10.0 Å². The highest BCUT2D eigenvalue weighted by Crippen LogP contribution is 2.27. The van der Waals surface area contributed by atoms with Gasteiger partial charge in [0.1, 0.15) is 0 Å². The van der Waals surface area contributed by atoms with E-state index in [4.69, 9.17) is 5.73 Å². The van der Waals surface area contributed by atoms with Crippen molar-refractivity contribution in [2.24, 2.45) is 12.8 Å². The Labute approximate surface area is 129 Å². The van der Waals surface area contributed by atoms with Gasteiger partial charge in [-0.2, -0.15) is 0 Å². The van der Waals surface area contributed by atoms with Crippen molar-refractivity contribution in [1.82, 2.24) is 9.29 Å². The van der Waals surface area contributed by atoms with Crippen molar-refractivity contribution in [2.45, 2.75) is 30.7 Å². The maximum Gasteiger partial charge on any atom is 0.242 e. The standard InChI is InChI=1S/C14H21N3O2S2/c1-14(2,13-5-4-6-20-13)10-16-21(18,19)12-7-11(8-15)17(3)9-12/h4-7,9,16H,8,10,15H2,1-3H3. The summed E-state index contributed by atoms with van der Waals surface area (Å²) in [4.78, 5) is 1.41. The highest BCUT2D eigenvalue weighted by Gasteiger charge is 2.25. The van der Waals surface area contributed by atoms with E-state index < -0.39 is 10.0 Å². The van der Waals surface area contributed by atoms with Gasteiger partial charge in [-0.25, -0.2) is 13.1 Å². The summed E-state index contributed by atoms with van der Waals surface area (Å²) in [5, 5.41) is 2.00. The van der Waals surface area contributed by atoms with E-state index in [9.17, 15) is 8.42 Å². The molecule has 0 aromatic carbocycles. The number of aromatic nitrogens is 1. The summed E-state index contributed by atoms with van der Waals surface area (Å²) in [6.45, 7) is 4.71. The molecule has 0 aliphatic carbocycles. The van der Waals surface area contributed by atoms with Gasteiger partial charge >= 0.3 is 0 Å². The Bertz CT molecular complexity index is 701. The van der Waals surface area contributed by atoms with Crippen LogP contribution in [0.3, 0.4) is 0 Å². The number of hydrogen-bond acceptors (Lipinski definition) is 4. The van der Waals surface area contributed by atoms with E-state index in [-0.39, 0.29) is 10.3 Å². The lowest BCUT2D eigenvalue weighted by Crippen LogP contribution is -2.36. The zero-order valence-corrected chi connectivity index (χ0v) is 14.1. The van der Waals surface area contributed by atoms with Gasteiger partial charge in [0.15, 0.2) is 0 Å². The van der Waals surface area contributed by atoms with Crippen LogP contribution in [0.15, 0.2) is 34.7 Å². The number of nitrogens with zero attached hydrogens (tertiary/aromatic N) is 1. The first-order valence-corrected chi connectivity index (χ1v) is 9.01. The number of hydrogen-bond donors (Lipinski definition) is 2. The largest absolute Gasteiger partial charge is 0.352 e. The Morgan fingerprint density at radius 1 is 1.43 bits per heavy atom. The number of sulfonamides is 1. The molecule has 116 valence electrons. The van der Waals surface area contributed by atoms with Gasteiger partial charge in [-0.3, -0.25) is 0 Å². The maximum absolute atomic E-state index is 12.4. The zero-order valence-electron chi connectivity index (χ0n) is 12.5. The Hall–Kier alpha value is -1.15. The van der Waals surface area contributed by atoms with Crippen molar-refractivity contribution in [3.63, 3.8) is 0 Å². The minimum Gasteiger partial charge on any atom is -0.352 e. The molecule has 0 amide bonds. The number of nitrogens with one attached hydrogen (secondary N) is 1. The molecule has 0 saturated carbocycles. The molecule has 7 heteroatoms. The molecule has 0 fully saturated rings. The average Bonchev–Trinajstić information content (AvgIpc) is 3.06. The highest BCUT2D eigenvalue weighted by molar-refractivity contribution is 7.89. The molecule has 21 heavy (non-hydrogen) atoms. The van der Waals surface area contributed by atoms with Crippen LogP contribution in [0.25, 0.3) is 0 Å². The number of aryl methyl sites for hydroxylation is 1. The SMILES string of the molecule is Cn1cc(S(=O)(=O)NCC(C)(C)c2cccs2)cc1CN. The summed E-state index contributed by atoms with van der Waals surface area (Å²) in [7, 11) is -1.73. The summed E-state index contributed by atoms with van der Waals surface area (Å²) >= 11 is 1.63. The van der Waals surface area contributed by atoms with Gasteiger partial charge in [-0.1, -0.05) is 19.9 Å². The molecule has 2 rings (SSSR count). The van der Waals surface area contributed by atoms with Gasteiger partial charge in [0.25, 0.3) is 0 Å². The Morgan fingerprint density at radius 3 is 2.67 bits per heavy atom. The van der Waals surface area contributed by atoms with E-state index in [0.29, 0.717) is 13.1 Å². The molecule has 0 spiro atoms. The predicted molar refractivity (Wildman–Crippen MR) is 85.8 cm³/mol. The second-order valence-corrected chi connectivity index (χ2v) is 8.38. The molecule has 0 unspecified atom stereocenters. The first kappa shape index (κ1) is 16.2. The fourth-order valence-electron chi connectivity index (χ4n) is 2.04. The summed E-state index contributed by atoms with van der Waals surface area (Å²) in [5.41, 5.74) is 6.12. The van der Waals surface area contributed by atoms with Crippen LogP contribution in [-0.2, 0) is 29.0 Å². The van der Waals surface area contributed by atoms with Gasteiger partial charge in [-0.15, -0.1) is 11.3 Å². The van der Waals surface area contributed by atoms with Crippen molar-refractivity contribution in [1.29, 1.82) is 0 Å². The molecule has 2 aromatic heterocycles. The normalized spacial score (nSPS) is 12.8. The molecule has 0 saturated heterocycles. The van der Waals surface area contributed by atoms with Crippen molar-refractivity contribution < 1.29 is 8.42 Å². The minimum absolute atomic E-state index is 0.243. The zero-order chi connectivity index (χ0) is 15.7. The molecule has 0 radical (unpaired) electrons. The fourth-order valence-corrected chi connectivity index (χ4v) is 4.19. The lowest BCUT2D eigenvalue weighted by molar-refractivity contribution is 0.509. The second-order valence-electron chi connectivity index (χ2n) is 5.67. The van der Waals surface area contributed by atoms with E-state index in [1.54, 1.807) is 35.2 Å². The fraction of sp³-hybridized carbons (Fsp3) is 0.429. The van der Waals surface area contributed by atoms with Crippen LogP contribution >= 0.6 is 11.3 Å². The molecule has 3 N–H and O–H groups in total. The smallest absolute Gasteiger partial charge is 0.242 e. The first-order chi connectivity index (χ1) is 9.76. The summed E-state index contributed by atoms with van der Waals surface area (Å²) in [5.74, 6) is 0. The summed E-state index contributed by atoms with van der Waals surface area (Å²) in [6.07, 6.45) is 1.59. The molecule has 0 atom stereocenters. The molecule has 2 aromatic rings. The lowest BCUT2D eigenvalue weighted by Gasteiger charge is -2.23. The van der Waals surface area contributed by atoms with Gasteiger partial charge in [0, 0.05) is 42.3 Å². The Balaban J connectivity index is 2.14. The Kier molecular flexibility index (Phi) is 4.57. The van der Waals surface area contributed by atoms with Crippen LogP contribution in [0.1, 0.15) is 24.4 Å². The molecular formula is C14H21N3O2S2. The molecule has 0 bridgehead atoms. The minimum atomic E-state index is -3.52. The first-order valence-electron chi connectivity index (χ1n) is 6.65. The van der Waals surface area contributed by atoms with Gasteiger partial charge < -0.3 is 10.3 Å². The van der Waals surface area contributed by atoms with Crippen molar-refractivity contribution in [2.75, 3.05) is 6.54 Å². The van der Waals surface area contributed by atoms with E-state index in [1.165, 1.54) is 0 Å². The topological polar surface area (TPSA) is 77.1 Å². The molecule has 0 aliphatic heterocycles. The molecule has 2 heterocycles. The third-order valence-electron chi connectivity index (χ3n) is 3.49. The lowest BCUT2D eigenvalue weighted by atomic mass is 9.92. The quantitative estimate of drug-likeness (QED) is 0.849. The van der Waals surface area contributed by atoms with Crippen molar-refractivity contribution >= 4 is 21.4 Å².